The van der Waals surface area contributed by atoms with Gasteiger partial charge in [0, 0.05) is 13.7 Å². The zero-order chi connectivity index (χ0) is 12.0. The molecule has 0 aliphatic carbocycles. The number of hydrogen-bond acceptors (Lipinski definition) is 3. The van der Waals surface area contributed by atoms with Crippen LogP contribution in [0.25, 0.3) is 0 Å². The summed E-state index contributed by atoms with van der Waals surface area (Å²) in [6.07, 6.45) is 1.06. The Morgan fingerprint density at radius 3 is 2.81 bits per heavy atom. The molecule has 16 heavy (non-hydrogen) atoms. The third-order valence-corrected chi connectivity index (χ3v) is 2.60. The second-order valence-electron chi connectivity index (χ2n) is 4.11. The van der Waals surface area contributed by atoms with Crippen molar-refractivity contribution in [2.45, 2.75) is 26.9 Å². The van der Waals surface area contributed by atoms with E-state index in [1.54, 1.807) is 0 Å². The van der Waals surface area contributed by atoms with Crippen LogP contribution in [0.4, 0.5) is 5.82 Å². The summed E-state index contributed by atoms with van der Waals surface area (Å²) in [4.78, 5) is 4.34. The number of hydrogen-bond donors (Lipinski definition) is 1. The number of rotatable bonds is 6. The monoisotopic (exact) mass is 242 g/mol. The minimum Gasteiger partial charge on any atom is -0.375 e. The Morgan fingerprint density at radius 2 is 2.19 bits per heavy atom. The van der Waals surface area contributed by atoms with E-state index >= 15 is 0 Å². The Morgan fingerprint density at radius 1 is 1.44 bits per heavy atom. The van der Waals surface area contributed by atoms with Crippen molar-refractivity contribution in [3.63, 3.8) is 0 Å². The van der Waals surface area contributed by atoms with Crippen LogP contribution in [0.3, 0.4) is 0 Å². The second kappa shape index (κ2) is 6.71. The summed E-state index contributed by atoms with van der Waals surface area (Å²) >= 11 is 6.02. The fourth-order valence-corrected chi connectivity index (χ4v) is 1.37. The van der Waals surface area contributed by atoms with E-state index in [9.17, 15) is 0 Å². The first-order valence-electron chi connectivity index (χ1n) is 5.54. The lowest BCUT2D eigenvalue weighted by Crippen LogP contribution is -2.03. The predicted molar refractivity (Wildman–Crippen MR) is 67.9 cm³/mol. The Bertz CT molecular complexity index is 329. The molecule has 0 atom stereocenters. The van der Waals surface area contributed by atoms with Crippen LogP contribution in [0.2, 0.25) is 5.02 Å². The molecule has 0 bridgehead atoms. The number of ether oxygens (including phenoxy) is 1. The van der Waals surface area contributed by atoms with Gasteiger partial charge < -0.3 is 10.1 Å². The molecule has 0 amide bonds. The van der Waals surface area contributed by atoms with E-state index in [1.165, 1.54) is 0 Å². The van der Waals surface area contributed by atoms with E-state index < -0.39 is 0 Å². The van der Waals surface area contributed by atoms with Crippen molar-refractivity contribution in [1.82, 2.24) is 4.98 Å². The van der Waals surface area contributed by atoms with Crippen LogP contribution in [0.15, 0.2) is 12.1 Å². The minimum atomic E-state index is 0.473. The molecule has 0 unspecified atom stereocenters. The SMILES string of the molecule is CNc1ccc(Cl)c(COCCC(C)C)n1. The maximum atomic E-state index is 6.02. The third kappa shape index (κ3) is 4.37. The molecule has 0 aliphatic rings. The van der Waals surface area contributed by atoms with Gasteiger partial charge in [0.25, 0.3) is 0 Å². The zero-order valence-corrected chi connectivity index (χ0v) is 10.8. The normalized spacial score (nSPS) is 10.8. The van der Waals surface area contributed by atoms with Crippen LogP contribution in [0.1, 0.15) is 26.0 Å². The van der Waals surface area contributed by atoms with E-state index in [1.807, 2.05) is 19.2 Å². The molecule has 3 nitrogen and oxygen atoms in total. The molecule has 1 N–H and O–H groups in total. The molecule has 1 aromatic rings. The Labute approximate surface area is 102 Å². The van der Waals surface area contributed by atoms with Gasteiger partial charge in [-0.25, -0.2) is 4.98 Å². The third-order valence-electron chi connectivity index (χ3n) is 2.25. The number of pyridine rings is 1. The van der Waals surface area contributed by atoms with Gasteiger partial charge in [0.15, 0.2) is 0 Å². The van der Waals surface area contributed by atoms with Crippen molar-refractivity contribution in [3.8, 4) is 0 Å². The van der Waals surface area contributed by atoms with Gasteiger partial charge in [-0.2, -0.15) is 0 Å². The quantitative estimate of drug-likeness (QED) is 0.777. The van der Waals surface area contributed by atoms with Crippen LogP contribution in [0.5, 0.6) is 0 Å². The second-order valence-corrected chi connectivity index (χ2v) is 4.52. The average Bonchev–Trinajstić information content (AvgIpc) is 2.26. The molecule has 1 rings (SSSR count). The van der Waals surface area contributed by atoms with Crippen LogP contribution in [0, 0.1) is 5.92 Å². The molecule has 4 heteroatoms. The molecule has 0 aromatic carbocycles. The van der Waals surface area contributed by atoms with Gasteiger partial charge in [0.1, 0.15) is 5.82 Å². The minimum absolute atomic E-state index is 0.473. The molecule has 0 fully saturated rings. The van der Waals surface area contributed by atoms with E-state index in [0.717, 1.165) is 24.5 Å². The van der Waals surface area contributed by atoms with Crippen molar-refractivity contribution in [2.75, 3.05) is 19.0 Å². The largest absolute Gasteiger partial charge is 0.375 e. The summed E-state index contributed by atoms with van der Waals surface area (Å²) in [5.74, 6) is 1.47. The van der Waals surface area contributed by atoms with Crippen LogP contribution >= 0.6 is 11.6 Å². The van der Waals surface area contributed by atoms with Gasteiger partial charge in [0.2, 0.25) is 0 Å². The topological polar surface area (TPSA) is 34.1 Å². The highest BCUT2D eigenvalue weighted by molar-refractivity contribution is 6.31. The number of halogens is 1. The van der Waals surface area contributed by atoms with Crippen LogP contribution in [-0.4, -0.2) is 18.6 Å². The molecule has 1 aromatic heterocycles. The number of nitrogens with one attached hydrogen (secondary N) is 1. The molecule has 0 radical (unpaired) electrons. The fraction of sp³-hybridized carbons (Fsp3) is 0.583. The lowest BCUT2D eigenvalue weighted by atomic mass is 10.1. The van der Waals surface area contributed by atoms with Gasteiger partial charge in [-0.15, -0.1) is 0 Å². The van der Waals surface area contributed by atoms with Crippen molar-refractivity contribution in [3.05, 3.63) is 22.8 Å². The molecule has 0 spiro atoms. The van der Waals surface area contributed by atoms with E-state index in [4.69, 9.17) is 16.3 Å². The summed E-state index contributed by atoms with van der Waals surface area (Å²) in [5, 5.41) is 3.63. The van der Waals surface area contributed by atoms with Crippen molar-refractivity contribution in [1.29, 1.82) is 0 Å². The molecule has 1 heterocycles. The Hall–Kier alpha value is -0.800. The zero-order valence-electron chi connectivity index (χ0n) is 10.1. The summed E-state index contributed by atoms with van der Waals surface area (Å²) in [7, 11) is 1.83. The molecular weight excluding hydrogens is 224 g/mol. The molecular formula is C12H19ClN2O. The van der Waals surface area contributed by atoms with Gasteiger partial charge in [-0.1, -0.05) is 25.4 Å². The number of anilines is 1. The van der Waals surface area contributed by atoms with Gasteiger partial charge in [-0.05, 0) is 24.5 Å². The van der Waals surface area contributed by atoms with Gasteiger partial charge in [-0.3, -0.25) is 0 Å². The van der Waals surface area contributed by atoms with E-state index in [-0.39, 0.29) is 0 Å². The van der Waals surface area contributed by atoms with Crippen LogP contribution in [-0.2, 0) is 11.3 Å². The van der Waals surface area contributed by atoms with E-state index in [0.29, 0.717) is 17.5 Å². The first-order chi connectivity index (χ1) is 7.63. The maximum absolute atomic E-state index is 6.02. The van der Waals surface area contributed by atoms with Gasteiger partial charge >= 0.3 is 0 Å². The van der Waals surface area contributed by atoms with Crippen molar-refractivity contribution < 1.29 is 4.74 Å². The summed E-state index contributed by atoms with van der Waals surface area (Å²) in [6, 6.07) is 3.68. The Kier molecular flexibility index (Phi) is 5.56. The smallest absolute Gasteiger partial charge is 0.126 e. The van der Waals surface area contributed by atoms with E-state index in [2.05, 4.69) is 24.1 Å². The highest BCUT2D eigenvalue weighted by Crippen LogP contribution is 2.17. The summed E-state index contributed by atoms with van der Waals surface area (Å²) in [6.45, 7) is 5.58. The number of nitrogens with zero attached hydrogens (tertiary/aromatic N) is 1. The highest BCUT2D eigenvalue weighted by atomic mass is 35.5. The fourth-order valence-electron chi connectivity index (χ4n) is 1.21. The standard InChI is InChI=1S/C12H19ClN2O/c1-9(2)6-7-16-8-11-10(13)4-5-12(14-3)15-11/h4-5,9H,6-8H2,1-3H3,(H,14,15). The van der Waals surface area contributed by atoms with Crippen LogP contribution < -0.4 is 5.32 Å². The molecule has 90 valence electrons. The summed E-state index contributed by atoms with van der Waals surface area (Å²) in [5.41, 5.74) is 0.789. The molecule has 0 saturated heterocycles. The summed E-state index contributed by atoms with van der Waals surface area (Å²) < 4.78 is 5.54. The highest BCUT2D eigenvalue weighted by Gasteiger charge is 2.04. The predicted octanol–water partition coefficient (Wildman–Crippen LogP) is 3.34. The lowest BCUT2D eigenvalue weighted by molar-refractivity contribution is 0.108. The van der Waals surface area contributed by atoms with Crippen molar-refractivity contribution in [2.24, 2.45) is 5.92 Å². The first-order valence-corrected chi connectivity index (χ1v) is 5.92. The first kappa shape index (κ1) is 13.3. The molecule has 0 saturated carbocycles. The van der Waals surface area contributed by atoms with Crippen molar-refractivity contribution >= 4 is 17.4 Å². The number of aromatic nitrogens is 1. The lowest BCUT2D eigenvalue weighted by Gasteiger charge is -2.08. The average molecular weight is 243 g/mol. The van der Waals surface area contributed by atoms with Gasteiger partial charge in [0.05, 0.1) is 17.3 Å². The Balaban J connectivity index is 2.46. The molecule has 0 aliphatic heterocycles. The maximum Gasteiger partial charge on any atom is 0.126 e.